The normalized spacial score (nSPS) is 16.8. The van der Waals surface area contributed by atoms with Gasteiger partial charge in [-0.2, -0.15) is 0 Å². The van der Waals surface area contributed by atoms with Crippen molar-refractivity contribution in [3.05, 3.63) is 57.8 Å². The molecule has 1 unspecified atom stereocenters. The fourth-order valence-corrected chi connectivity index (χ4v) is 3.70. The molecular formula is C19H21F2N3O2S. The molecule has 1 saturated heterocycles. The summed E-state index contributed by atoms with van der Waals surface area (Å²) in [5.74, 6) is -1.91. The van der Waals surface area contributed by atoms with Crippen LogP contribution in [0, 0.1) is 17.6 Å². The lowest BCUT2D eigenvalue weighted by atomic mass is 9.97. The van der Waals surface area contributed by atoms with Crippen molar-refractivity contribution in [1.29, 1.82) is 0 Å². The van der Waals surface area contributed by atoms with Gasteiger partial charge < -0.3 is 15.5 Å². The first-order chi connectivity index (χ1) is 13.0. The van der Waals surface area contributed by atoms with Crippen LogP contribution < -0.4 is 10.6 Å². The first-order valence-electron chi connectivity index (χ1n) is 8.79. The number of amides is 3. The fourth-order valence-electron chi connectivity index (χ4n) is 3.06. The Hall–Kier alpha value is -2.48. The van der Waals surface area contributed by atoms with E-state index in [0.717, 1.165) is 23.4 Å². The van der Waals surface area contributed by atoms with Crippen LogP contribution >= 0.6 is 11.3 Å². The second-order valence-electron chi connectivity index (χ2n) is 6.48. The molecule has 0 saturated carbocycles. The summed E-state index contributed by atoms with van der Waals surface area (Å²) in [4.78, 5) is 27.4. The van der Waals surface area contributed by atoms with Gasteiger partial charge in [0.1, 0.15) is 11.6 Å². The van der Waals surface area contributed by atoms with Crippen molar-refractivity contribution in [2.24, 2.45) is 5.92 Å². The molecule has 3 amide bonds. The molecule has 0 radical (unpaired) electrons. The van der Waals surface area contributed by atoms with Crippen molar-refractivity contribution in [3.8, 4) is 0 Å². The van der Waals surface area contributed by atoms with Gasteiger partial charge in [-0.15, -0.1) is 11.3 Å². The van der Waals surface area contributed by atoms with E-state index < -0.39 is 11.6 Å². The van der Waals surface area contributed by atoms with Gasteiger partial charge in [0.25, 0.3) is 0 Å². The summed E-state index contributed by atoms with van der Waals surface area (Å²) in [6.45, 7) is 1.39. The van der Waals surface area contributed by atoms with Crippen molar-refractivity contribution in [1.82, 2.24) is 15.5 Å². The van der Waals surface area contributed by atoms with Crippen LogP contribution in [0.15, 0.2) is 35.7 Å². The van der Waals surface area contributed by atoms with Crippen LogP contribution in [0.5, 0.6) is 0 Å². The first-order valence-corrected chi connectivity index (χ1v) is 9.67. The number of rotatable bonds is 5. The topological polar surface area (TPSA) is 61.4 Å². The molecule has 2 heterocycles. The molecule has 0 spiro atoms. The first kappa shape index (κ1) is 19.3. The molecular weight excluding hydrogens is 372 g/mol. The number of nitrogens with zero attached hydrogens (tertiary/aromatic N) is 1. The van der Waals surface area contributed by atoms with Crippen molar-refractivity contribution < 1.29 is 18.4 Å². The van der Waals surface area contributed by atoms with E-state index >= 15 is 0 Å². The van der Waals surface area contributed by atoms with E-state index in [1.165, 1.54) is 6.07 Å². The minimum atomic E-state index is -0.687. The summed E-state index contributed by atoms with van der Waals surface area (Å²) in [6.07, 6.45) is 1.40. The van der Waals surface area contributed by atoms with E-state index in [-0.39, 0.29) is 30.0 Å². The largest absolute Gasteiger partial charge is 0.352 e. The second kappa shape index (κ2) is 8.94. The van der Waals surface area contributed by atoms with Crippen LogP contribution in [0.1, 0.15) is 23.3 Å². The highest BCUT2D eigenvalue weighted by atomic mass is 32.1. The van der Waals surface area contributed by atoms with Crippen molar-refractivity contribution in [2.75, 3.05) is 13.1 Å². The van der Waals surface area contributed by atoms with E-state index in [9.17, 15) is 18.4 Å². The number of nitrogens with one attached hydrogen (secondary N) is 2. The van der Waals surface area contributed by atoms with E-state index in [2.05, 4.69) is 10.6 Å². The SMILES string of the molecule is O=C(NCc1ccc(F)cc1F)C1CCCN(C(=O)NCc2cccs2)C1. The molecule has 2 N–H and O–H groups in total. The zero-order valence-electron chi connectivity index (χ0n) is 14.7. The Balaban J connectivity index is 1.49. The highest BCUT2D eigenvalue weighted by Gasteiger charge is 2.28. The number of benzene rings is 1. The molecule has 1 fully saturated rings. The van der Waals surface area contributed by atoms with Gasteiger partial charge in [0.15, 0.2) is 0 Å². The third-order valence-corrected chi connectivity index (χ3v) is 5.42. The van der Waals surface area contributed by atoms with Crippen LogP contribution in [0.2, 0.25) is 0 Å². The maximum atomic E-state index is 13.7. The van der Waals surface area contributed by atoms with Crippen molar-refractivity contribution >= 4 is 23.3 Å². The summed E-state index contributed by atoms with van der Waals surface area (Å²) >= 11 is 1.57. The molecule has 5 nitrogen and oxygen atoms in total. The van der Waals surface area contributed by atoms with Crippen LogP contribution in [-0.4, -0.2) is 29.9 Å². The molecule has 1 atom stereocenters. The summed E-state index contributed by atoms with van der Waals surface area (Å²) in [5, 5.41) is 7.50. The van der Waals surface area contributed by atoms with Gasteiger partial charge in [-0.25, -0.2) is 13.6 Å². The van der Waals surface area contributed by atoms with E-state index in [0.29, 0.717) is 26.1 Å². The monoisotopic (exact) mass is 393 g/mol. The molecule has 1 aromatic carbocycles. The van der Waals surface area contributed by atoms with Crippen molar-refractivity contribution in [2.45, 2.75) is 25.9 Å². The minimum absolute atomic E-state index is 0.00792. The van der Waals surface area contributed by atoms with Crippen LogP contribution in [0.4, 0.5) is 13.6 Å². The highest BCUT2D eigenvalue weighted by Crippen LogP contribution is 2.18. The number of carbonyl (C=O) groups excluding carboxylic acids is 2. The lowest BCUT2D eigenvalue weighted by molar-refractivity contribution is -0.126. The lowest BCUT2D eigenvalue weighted by Gasteiger charge is -2.32. The van der Waals surface area contributed by atoms with Gasteiger partial charge in [-0.3, -0.25) is 4.79 Å². The molecule has 144 valence electrons. The molecule has 8 heteroatoms. The minimum Gasteiger partial charge on any atom is -0.352 e. The molecule has 1 aromatic heterocycles. The van der Waals surface area contributed by atoms with Gasteiger partial charge in [0.2, 0.25) is 5.91 Å². The molecule has 0 bridgehead atoms. The van der Waals surface area contributed by atoms with Crippen molar-refractivity contribution in [3.63, 3.8) is 0 Å². The fraction of sp³-hybridized carbons (Fsp3) is 0.368. The standard InChI is InChI=1S/C19H21F2N3O2S/c20-15-6-5-13(17(21)9-15)10-22-18(25)14-3-1-7-24(12-14)19(26)23-11-16-4-2-8-27-16/h2,4-6,8-9,14H,1,3,7,10-12H2,(H,22,25)(H,23,26). The molecule has 1 aliphatic heterocycles. The van der Waals surface area contributed by atoms with E-state index in [1.807, 2.05) is 17.5 Å². The summed E-state index contributed by atoms with van der Waals surface area (Å²) in [6, 6.07) is 6.96. The molecule has 0 aliphatic carbocycles. The number of piperidine rings is 1. The highest BCUT2D eigenvalue weighted by molar-refractivity contribution is 7.09. The average molecular weight is 393 g/mol. The van der Waals surface area contributed by atoms with Gasteiger partial charge in [0, 0.05) is 36.1 Å². The maximum absolute atomic E-state index is 13.7. The van der Waals surface area contributed by atoms with Crippen LogP contribution in [-0.2, 0) is 17.9 Å². The number of thiophene rings is 1. The van der Waals surface area contributed by atoms with E-state index in [1.54, 1.807) is 16.2 Å². The quantitative estimate of drug-likeness (QED) is 0.819. The predicted octanol–water partition coefficient (Wildman–Crippen LogP) is 3.26. The van der Waals surface area contributed by atoms with Crippen LogP contribution in [0.25, 0.3) is 0 Å². The summed E-state index contributed by atoms with van der Waals surface area (Å²) in [7, 11) is 0. The van der Waals surface area contributed by atoms with Crippen LogP contribution in [0.3, 0.4) is 0 Å². The van der Waals surface area contributed by atoms with Gasteiger partial charge in [-0.05, 0) is 30.4 Å². The Kier molecular flexibility index (Phi) is 6.39. The molecule has 27 heavy (non-hydrogen) atoms. The van der Waals surface area contributed by atoms with Gasteiger partial charge >= 0.3 is 6.03 Å². The maximum Gasteiger partial charge on any atom is 0.317 e. The second-order valence-corrected chi connectivity index (χ2v) is 7.51. The zero-order valence-corrected chi connectivity index (χ0v) is 15.5. The lowest BCUT2D eigenvalue weighted by Crippen LogP contribution is -2.48. The summed E-state index contributed by atoms with van der Waals surface area (Å²) < 4.78 is 26.6. The Morgan fingerprint density at radius 2 is 2.04 bits per heavy atom. The average Bonchev–Trinajstić information content (AvgIpc) is 3.19. The summed E-state index contributed by atoms with van der Waals surface area (Å²) in [5.41, 5.74) is 0.228. The number of hydrogen-bond donors (Lipinski definition) is 2. The Labute approximate surface area is 160 Å². The molecule has 2 aromatic rings. The number of carbonyl (C=O) groups is 2. The number of urea groups is 1. The van der Waals surface area contributed by atoms with Gasteiger partial charge in [-0.1, -0.05) is 12.1 Å². The molecule has 3 rings (SSSR count). The third-order valence-electron chi connectivity index (χ3n) is 4.54. The smallest absolute Gasteiger partial charge is 0.317 e. The zero-order chi connectivity index (χ0) is 19.2. The Morgan fingerprint density at radius 1 is 1.19 bits per heavy atom. The number of likely N-dealkylation sites (tertiary alicyclic amines) is 1. The van der Waals surface area contributed by atoms with Gasteiger partial charge in [0.05, 0.1) is 12.5 Å². The molecule has 1 aliphatic rings. The number of hydrogen-bond acceptors (Lipinski definition) is 3. The third kappa shape index (κ3) is 5.26. The Bertz CT molecular complexity index is 798. The number of halogens is 2. The van der Waals surface area contributed by atoms with E-state index in [4.69, 9.17) is 0 Å². The Morgan fingerprint density at radius 3 is 2.78 bits per heavy atom. The predicted molar refractivity (Wildman–Crippen MR) is 99.1 cm³/mol.